The quantitative estimate of drug-likeness (QED) is 0.103. The molecule has 1 saturated heterocycles. The number of ether oxygens (including phenoxy) is 2. The fourth-order valence-corrected chi connectivity index (χ4v) is 12.6. The SMILES string of the molecule is COc1ccc(COC(=O)C2=C(C[P+](c3ccccc3)(c3ccccc3)c3ccccc3)CSC3C(NC(=O)Cc4ccccc4)C(=O)N23)cc1. The number of rotatable bonds is 12. The van der Waals surface area contributed by atoms with Crippen molar-refractivity contribution in [1.29, 1.82) is 0 Å². The summed E-state index contributed by atoms with van der Waals surface area (Å²) in [6, 6.07) is 47.4. The number of hydrogen-bond acceptors (Lipinski definition) is 6. The van der Waals surface area contributed by atoms with Gasteiger partial charge < -0.3 is 14.8 Å². The molecule has 2 aliphatic rings. The molecule has 1 N–H and O–H groups in total. The van der Waals surface area contributed by atoms with Crippen molar-refractivity contribution in [2.45, 2.75) is 24.4 Å². The summed E-state index contributed by atoms with van der Waals surface area (Å²) in [6.45, 7) is 0.0348. The summed E-state index contributed by atoms with van der Waals surface area (Å²) in [7, 11) is -0.802. The second kappa shape index (κ2) is 15.4. The van der Waals surface area contributed by atoms with Gasteiger partial charge in [0.15, 0.2) is 0 Å². The molecular formula is C42H38N2O5PS+. The van der Waals surface area contributed by atoms with Crippen LogP contribution in [0.5, 0.6) is 5.75 Å². The van der Waals surface area contributed by atoms with Crippen molar-refractivity contribution in [3.05, 3.63) is 168 Å². The Bertz CT molecular complexity index is 1930. The number of nitrogens with one attached hydrogen (secondary N) is 1. The Balaban J connectivity index is 1.27. The molecule has 2 heterocycles. The molecule has 9 heteroatoms. The van der Waals surface area contributed by atoms with Gasteiger partial charge in [-0.05, 0) is 59.7 Å². The standard InChI is InChI=1S/C42H37N2O5PS/c1-48-33-24-22-31(23-25-33)27-49-42(47)39-32(29-51-41-38(40(46)44(39)41)43-37(45)26-30-14-6-2-7-15-30)28-50(34-16-8-3-9-17-34,35-18-10-4-11-19-35)36-20-12-5-13-21-36/h2-25,38,41H,26-29H2,1H3/p+1. The maximum atomic E-state index is 14.3. The van der Waals surface area contributed by atoms with E-state index in [2.05, 4.69) is 78.1 Å². The number of nitrogens with zero attached hydrogens (tertiary/aromatic N) is 1. The highest BCUT2D eigenvalue weighted by Gasteiger charge is 2.56. The molecule has 7 rings (SSSR count). The average Bonchev–Trinajstić information content (AvgIpc) is 3.19. The van der Waals surface area contributed by atoms with Crippen LogP contribution < -0.4 is 26.0 Å². The summed E-state index contributed by atoms with van der Waals surface area (Å²) in [5.41, 5.74) is 2.79. The van der Waals surface area contributed by atoms with Crippen LogP contribution in [0.2, 0.25) is 0 Å². The molecule has 5 aromatic rings. The second-order valence-corrected chi connectivity index (χ2v) is 17.1. The average molecular weight is 714 g/mol. The summed E-state index contributed by atoms with van der Waals surface area (Å²) in [5, 5.41) is 6.05. The minimum atomic E-state index is -2.40. The summed E-state index contributed by atoms with van der Waals surface area (Å²) < 4.78 is 11.3. The number of methoxy groups -OCH3 is 1. The number of thioether (sulfide) groups is 1. The molecule has 0 aliphatic carbocycles. The topological polar surface area (TPSA) is 84.9 Å². The van der Waals surface area contributed by atoms with Crippen LogP contribution in [-0.4, -0.2) is 53.1 Å². The van der Waals surface area contributed by atoms with E-state index in [1.807, 2.05) is 72.8 Å². The van der Waals surface area contributed by atoms with E-state index in [0.717, 1.165) is 16.7 Å². The van der Waals surface area contributed by atoms with Gasteiger partial charge >= 0.3 is 5.97 Å². The third kappa shape index (κ3) is 7.07. The Kier molecular flexibility index (Phi) is 10.3. The maximum absolute atomic E-state index is 14.3. The largest absolute Gasteiger partial charge is 0.497 e. The smallest absolute Gasteiger partial charge is 0.355 e. The Hall–Kier alpha value is -5.17. The van der Waals surface area contributed by atoms with Crippen LogP contribution in [0.3, 0.4) is 0 Å². The van der Waals surface area contributed by atoms with E-state index in [4.69, 9.17) is 9.47 Å². The molecular weight excluding hydrogens is 676 g/mol. The minimum Gasteiger partial charge on any atom is -0.497 e. The molecule has 0 bridgehead atoms. The highest BCUT2D eigenvalue weighted by Crippen LogP contribution is 2.58. The summed E-state index contributed by atoms with van der Waals surface area (Å²) in [5.74, 6) is 0.101. The lowest BCUT2D eigenvalue weighted by atomic mass is 10.0. The van der Waals surface area contributed by atoms with Crippen molar-refractivity contribution in [2.75, 3.05) is 19.0 Å². The van der Waals surface area contributed by atoms with Crippen molar-refractivity contribution in [3.8, 4) is 5.75 Å². The lowest BCUT2D eigenvalue weighted by Gasteiger charge is -2.50. The molecule has 2 amide bonds. The molecule has 256 valence electrons. The number of esters is 1. The number of hydrogen-bond donors (Lipinski definition) is 1. The Morgan fingerprint density at radius 3 is 1.80 bits per heavy atom. The lowest BCUT2D eigenvalue weighted by molar-refractivity contribution is -0.153. The van der Waals surface area contributed by atoms with E-state index in [9.17, 15) is 14.4 Å². The number of amides is 2. The molecule has 51 heavy (non-hydrogen) atoms. The number of carbonyl (C=O) groups excluding carboxylic acids is 3. The number of carbonyl (C=O) groups is 3. The van der Waals surface area contributed by atoms with Crippen LogP contribution in [0.15, 0.2) is 157 Å². The zero-order chi connectivity index (χ0) is 35.2. The first-order chi connectivity index (χ1) is 25.0. The van der Waals surface area contributed by atoms with Crippen LogP contribution in [-0.2, 0) is 32.1 Å². The van der Waals surface area contributed by atoms with Crippen molar-refractivity contribution >= 4 is 52.7 Å². The van der Waals surface area contributed by atoms with Gasteiger partial charge in [-0.3, -0.25) is 14.5 Å². The van der Waals surface area contributed by atoms with Crippen molar-refractivity contribution in [2.24, 2.45) is 0 Å². The second-order valence-electron chi connectivity index (χ2n) is 12.5. The number of benzene rings is 5. The predicted octanol–water partition coefficient (Wildman–Crippen LogP) is 5.63. The van der Waals surface area contributed by atoms with Crippen LogP contribution in [0.1, 0.15) is 11.1 Å². The zero-order valence-electron chi connectivity index (χ0n) is 28.2. The first kappa shape index (κ1) is 34.3. The predicted molar refractivity (Wildman–Crippen MR) is 205 cm³/mol. The Morgan fingerprint density at radius 1 is 0.745 bits per heavy atom. The van der Waals surface area contributed by atoms with E-state index in [1.165, 1.54) is 15.9 Å². The van der Waals surface area contributed by atoms with E-state index < -0.39 is 24.6 Å². The minimum absolute atomic E-state index is 0.0348. The highest BCUT2D eigenvalue weighted by atomic mass is 32.2. The van der Waals surface area contributed by atoms with E-state index in [-0.39, 0.29) is 30.5 Å². The number of fused-ring (bicyclic) bond motifs is 1. The fourth-order valence-electron chi connectivity index (χ4n) is 6.79. The first-order valence-corrected chi connectivity index (χ1v) is 19.8. The molecule has 2 atom stereocenters. The van der Waals surface area contributed by atoms with Crippen molar-refractivity contribution < 1.29 is 23.9 Å². The highest BCUT2D eigenvalue weighted by molar-refractivity contribution is 8.00. The first-order valence-electron chi connectivity index (χ1n) is 16.8. The Labute approximate surface area is 303 Å². The van der Waals surface area contributed by atoms with Crippen LogP contribution >= 0.6 is 19.0 Å². The van der Waals surface area contributed by atoms with E-state index in [0.29, 0.717) is 17.7 Å². The zero-order valence-corrected chi connectivity index (χ0v) is 29.9. The number of β-lactam (4-membered cyclic amide) rings is 1. The molecule has 0 saturated carbocycles. The van der Waals surface area contributed by atoms with Gasteiger partial charge in [0.05, 0.1) is 19.7 Å². The third-order valence-corrected chi connectivity index (χ3v) is 15.0. The molecule has 1 fully saturated rings. The monoisotopic (exact) mass is 713 g/mol. The maximum Gasteiger partial charge on any atom is 0.355 e. The summed E-state index contributed by atoms with van der Waals surface area (Å²) >= 11 is 1.58. The molecule has 0 radical (unpaired) electrons. The third-order valence-electron chi connectivity index (χ3n) is 9.31. The fraction of sp³-hybridized carbons (Fsp3) is 0.167. The summed E-state index contributed by atoms with van der Waals surface area (Å²) in [4.78, 5) is 43.0. The molecule has 7 nitrogen and oxygen atoms in total. The van der Waals surface area contributed by atoms with Gasteiger partial charge in [0, 0.05) is 11.3 Å². The Morgan fingerprint density at radius 2 is 1.27 bits per heavy atom. The van der Waals surface area contributed by atoms with Crippen LogP contribution in [0.4, 0.5) is 0 Å². The molecule has 2 unspecified atom stereocenters. The summed E-state index contributed by atoms with van der Waals surface area (Å²) in [6.07, 6.45) is 0.699. The van der Waals surface area contributed by atoms with Crippen LogP contribution in [0, 0.1) is 0 Å². The molecule has 0 spiro atoms. The van der Waals surface area contributed by atoms with Gasteiger partial charge in [-0.15, -0.1) is 11.8 Å². The van der Waals surface area contributed by atoms with Gasteiger partial charge in [0.2, 0.25) is 5.91 Å². The molecule has 5 aromatic carbocycles. The van der Waals surface area contributed by atoms with Gasteiger partial charge in [-0.2, -0.15) is 0 Å². The lowest BCUT2D eigenvalue weighted by Crippen LogP contribution is -2.70. The van der Waals surface area contributed by atoms with E-state index in [1.54, 1.807) is 23.8 Å². The van der Waals surface area contributed by atoms with Gasteiger partial charge in [0.25, 0.3) is 5.91 Å². The normalized spacial score (nSPS) is 16.9. The van der Waals surface area contributed by atoms with Gasteiger partial charge in [-0.25, -0.2) is 4.79 Å². The molecule has 0 aromatic heterocycles. The molecule has 2 aliphatic heterocycles. The van der Waals surface area contributed by atoms with E-state index >= 15 is 0 Å². The van der Waals surface area contributed by atoms with Gasteiger partial charge in [0.1, 0.15) is 52.6 Å². The van der Waals surface area contributed by atoms with Gasteiger partial charge in [-0.1, -0.05) is 97.1 Å². The van der Waals surface area contributed by atoms with Crippen molar-refractivity contribution in [1.82, 2.24) is 10.2 Å². The van der Waals surface area contributed by atoms with Crippen molar-refractivity contribution in [3.63, 3.8) is 0 Å². The van der Waals surface area contributed by atoms with Crippen LogP contribution in [0.25, 0.3) is 0 Å².